The van der Waals surface area contributed by atoms with Crippen molar-refractivity contribution in [1.29, 1.82) is 0 Å². The molecule has 0 unspecified atom stereocenters. The molecule has 1 aromatic heterocycles. The molecule has 0 radical (unpaired) electrons. The first kappa shape index (κ1) is 18.8. The van der Waals surface area contributed by atoms with Gasteiger partial charge in [-0.1, -0.05) is 36.4 Å². The summed E-state index contributed by atoms with van der Waals surface area (Å²) in [7, 11) is 0. The molecule has 3 aromatic rings. The molecule has 3 rings (SSSR count). The highest BCUT2D eigenvalue weighted by molar-refractivity contribution is 7.71. The number of benzene rings is 2. The molecule has 0 aliphatic heterocycles. The van der Waals surface area contributed by atoms with Gasteiger partial charge in [0.1, 0.15) is 5.56 Å². The van der Waals surface area contributed by atoms with Crippen LogP contribution in [0, 0.1) is 18.6 Å². The number of hydrogen-bond donors (Lipinski definition) is 2. The van der Waals surface area contributed by atoms with Gasteiger partial charge in [0.15, 0.2) is 4.77 Å². The number of aliphatic imine (C=N–C) groups is 1. The van der Waals surface area contributed by atoms with E-state index in [9.17, 15) is 9.90 Å². The lowest BCUT2D eigenvalue weighted by Gasteiger charge is -2.12. The van der Waals surface area contributed by atoms with Crippen molar-refractivity contribution in [3.8, 4) is 11.6 Å². The van der Waals surface area contributed by atoms with E-state index in [0.717, 1.165) is 17.5 Å². The second-order valence-electron chi connectivity index (χ2n) is 6.37. The number of aryl methyl sites for hydroxylation is 2. The van der Waals surface area contributed by atoms with E-state index in [2.05, 4.69) is 9.98 Å². The van der Waals surface area contributed by atoms with Crippen LogP contribution in [0.15, 0.2) is 58.3 Å². The third-order valence-electron chi connectivity index (χ3n) is 4.46. The molecular formula is C21H21N3O2S. The van der Waals surface area contributed by atoms with Crippen LogP contribution in [0.25, 0.3) is 5.69 Å². The highest BCUT2D eigenvalue weighted by Gasteiger charge is 2.12. The molecule has 0 bridgehead atoms. The number of nitrogens with one attached hydrogen (secondary N) is 1. The third kappa shape index (κ3) is 4.23. The van der Waals surface area contributed by atoms with E-state index < -0.39 is 5.56 Å². The average molecular weight is 379 g/mol. The largest absolute Gasteiger partial charge is 0.494 e. The minimum Gasteiger partial charge on any atom is -0.494 e. The quantitative estimate of drug-likeness (QED) is 0.522. The van der Waals surface area contributed by atoms with Crippen LogP contribution in [0.1, 0.15) is 22.3 Å². The smallest absolute Gasteiger partial charge is 0.264 e. The van der Waals surface area contributed by atoms with Crippen molar-refractivity contribution in [3.63, 3.8) is 0 Å². The molecule has 0 aliphatic rings. The molecule has 6 heteroatoms. The lowest BCUT2D eigenvalue weighted by atomic mass is 10.1. The second-order valence-corrected chi connectivity index (χ2v) is 6.76. The number of aromatic hydroxyl groups is 1. The summed E-state index contributed by atoms with van der Waals surface area (Å²) in [5, 5.41) is 10.7. The molecular weight excluding hydrogens is 358 g/mol. The van der Waals surface area contributed by atoms with E-state index in [1.54, 1.807) is 0 Å². The summed E-state index contributed by atoms with van der Waals surface area (Å²) in [6.45, 7) is 4.51. The molecule has 27 heavy (non-hydrogen) atoms. The Morgan fingerprint density at radius 1 is 1.15 bits per heavy atom. The van der Waals surface area contributed by atoms with E-state index in [1.165, 1.54) is 16.3 Å². The minimum atomic E-state index is -0.457. The van der Waals surface area contributed by atoms with Crippen molar-refractivity contribution in [1.82, 2.24) is 9.55 Å². The van der Waals surface area contributed by atoms with Gasteiger partial charge in [0.25, 0.3) is 5.56 Å². The molecule has 2 aromatic carbocycles. The molecule has 0 amide bonds. The van der Waals surface area contributed by atoms with E-state index in [-0.39, 0.29) is 16.2 Å². The Labute approximate surface area is 162 Å². The minimum absolute atomic E-state index is 0.0925. The molecule has 0 spiro atoms. The van der Waals surface area contributed by atoms with Crippen LogP contribution in [0.3, 0.4) is 0 Å². The molecule has 0 aliphatic carbocycles. The first-order valence-electron chi connectivity index (χ1n) is 8.67. The Bertz CT molecular complexity index is 1100. The van der Waals surface area contributed by atoms with Gasteiger partial charge in [-0.25, -0.2) is 0 Å². The maximum atomic E-state index is 12.2. The van der Waals surface area contributed by atoms with Crippen molar-refractivity contribution in [2.45, 2.75) is 20.3 Å². The van der Waals surface area contributed by atoms with Crippen molar-refractivity contribution >= 4 is 18.4 Å². The standard InChI is InChI=1S/C21H21N3O2S/c1-14-8-9-17(12-15(14)2)24-20(26)18(19(25)23-21(24)27)13-22-11-10-16-6-4-3-5-7-16/h3-9,12-13,26H,10-11H2,1-2H3,(H,23,25,27). The predicted octanol–water partition coefficient (Wildman–Crippen LogP) is 3.88. The number of nitrogens with zero attached hydrogens (tertiary/aromatic N) is 2. The van der Waals surface area contributed by atoms with E-state index >= 15 is 0 Å². The summed E-state index contributed by atoms with van der Waals surface area (Å²) in [6, 6.07) is 15.7. The van der Waals surface area contributed by atoms with Crippen molar-refractivity contribution in [3.05, 3.63) is 85.9 Å². The molecule has 2 N–H and O–H groups in total. The highest BCUT2D eigenvalue weighted by atomic mass is 32.1. The molecule has 138 valence electrons. The van der Waals surface area contributed by atoms with Crippen molar-refractivity contribution < 1.29 is 5.11 Å². The number of hydrogen-bond acceptors (Lipinski definition) is 4. The fourth-order valence-corrected chi connectivity index (χ4v) is 3.04. The molecule has 0 fully saturated rings. The average Bonchev–Trinajstić information content (AvgIpc) is 2.64. The van der Waals surface area contributed by atoms with Crippen LogP contribution in [-0.4, -0.2) is 27.4 Å². The van der Waals surface area contributed by atoms with Gasteiger partial charge in [0, 0.05) is 12.8 Å². The van der Waals surface area contributed by atoms with Crippen molar-refractivity contribution in [2.75, 3.05) is 6.54 Å². The maximum Gasteiger partial charge on any atom is 0.264 e. The second kappa shape index (κ2) is 8.14. The molecule has 0 saturated carbocycles. The summed E-state index contributed by atoms with van der Waals surface area (Å²) in [4.78, 5) is 19.2. The lowest BCUT2D eigenvalue weighted by Crippen LogP contribution is -2.18. The predicted molar refractivity (Wildman–Crippen MR) is 111 cm³/mol. The Hall–Kier alpha value is -2.99. The van der Waals surface area contributed by atoms with Gasteiger partial charge in [-0.3, -0.25) is 19.3 Å². The fraction of sp³-hybridized carbons (Fsp3) is 0.190. The Morgan fingerprint density at radius 2 is 1.89 bits per heavy atom. The van der Waals surface area contributed by atoms with Gasteiger partial charge in [0.2, 0.25) is 5.88 Å². The van der Waals surface area contributed by atoms with Gasteiger partial charge in [-0.2, -0.15) is 0 Å². The highest BCUT2D eigenvalue weighted by Crippen LogP contribution is 2.21. The zero-order valence-corrected chi connectivity index (χ0v) is 16.1. The van der Waals surface area contributed by atoms with Crippen LogP contribution in [0.4, 0.5) is 0 Å². The molecule has 0 atom stereocenters. The Kier molecular flexibility index (Phi) is 5.66. The van der Waals surface area contributed by atoms with E-state index in [4.69, 9.17) is 12.2 Å². The number of H-pyrrole nitrogens is 1. The Balaban J connectivity index is 1.92. The summed E-state index contributed by atoms with van der Waals surface area (Å²) in [6.07, 6.45) is 2.16. The zero-order chi connectivity index (χ0) is 19.4. The number of aromatic nitrogens is 2. The SMILES string of the molecule is Cc1ccc(-n2c(O)c(C=NCCc3ccccc3)c(=O)[nH]c2=S)cc1C. The van der Waals surface area contributed by atoms with Crippen LogP contribution in [-0.2, 0) is 6.42 Å². The van der Waals surface area contributed by atoms with Gasteiger partial charge >= 0.3 is 0 Å². The zero-order valence-electron chi connectivity index (χ0n) is 15.3. The van der Waals surface area contributed by atoms with Gasteiger partial charge in [-0.15, -0.1) is 0 Å². The third-order valence-corrected chi connectivity index (χ3v) is 4.75. The van der Waals surface area contributed by atoms with E-state index in [0.29, 0.717) is 12.2 Å². The normalized spacial score (nSPS) is 11.2. The lowest BCUT2D eigenvalue weighted by molar-refractivity contribution is 0.432. The first-order valence-corrected chi connectivity index (χ1v) is 9.08. The molecule has 0 saturated heterocycles. The monoisotopic (exact) mass is 379 g/mol. The molecule has 1 heterocycles. The summed E-state index contributed by atoms with van der Waals surface area (Å²) >= 11 is 5.25. The number of aromatic amines is 1. The van der Waals surface area contributed by atoms with Crippen LogP contribution < -0.4 is 5.56 Å². The van der Waals surface area contributed by atoms with Gasteiger partial charge in [-0.05, 0) is 61.3 Å². The van der Waals surface area contributed by atoms with E-state index in [1.807, 2.05) is 62.4 Å². The summed E-state index contributed by atoms with van der Waals surface area (Å²) in [5.41, 5.74) is 3.69. The Morgan fingerprint density at radius 3 is 2.59 bits per heavy atom. The number of rotatable bonds is 5. The van der Waals surface area contributed by atoms with Gasteiger partial charge in [0.05, 0.1) is 5.69 Å². The van der Waals surface area contributed by atoms with Crippen LogP contribution >= 0.6 is 12.2 Å². The van der Waals surface area contributed by atoms with Crippen LogP contribution in [0.5, 0.6) is 5.88 Å². The summed E-state index contributed by atoms with van der Waals surface area (Å²) in [5.74, 6) is -0.213. The van der Waals surface area contributed by atoms with Crippen LogP contribution in [0.2, 0.25) is 0 Å². The fourth-order valence-electron chi connectivity index (χ4n) is 2.75. The first-order chi connectivity index (χ1) is 13.0. The van der Waals surface area contributed by atoms with Gasteiger partial charge < -0.3 is 5.11 Å². The molecule has 5 nitrogen and oxygen atoms in total. The topological polar surface area (TPSA) is 70.4 Å². The van der Waals surface area contributed by atoms with Crippen molar-refractivity contribution in [2.24, 2.45) is 4.99 Å². The summed E-state index contributed by atoms with van der Waals surface area (Å²) < 4.78 is 1.59. The maximum absolute atomic E-state index is 12.2.